The van der Waals surface area contributed by atoms with Gasteiger partial charge in [0.05, 0.1) is 5.69 Å². The maximum atomic E-state index is 2.41. The summed E-state index contributed by atoms with van der Waals surface area (Å²) in [5.41, 5.74) is 5.82. The molecule has 8 aromatic carbocycles. The average molecular weight is 522 g/mol. The van der Waals surface area contributed by atoms with Gasteiger partial charge >= 0.3 is 0 Å². The number of fused-ring (bicyclic) bond motifs is 6. The minimum atomic E-state index is 1.14. The molecule has 0 saturated carbocycles. The van der Waals surface area contributed by atoms with Crippen LogP contribution in [0.1, 0.15) is 0 Å². The molecule has 0 aliphatic heterocycles. The number of benzene rings is 8. The van der Waals surface area contributed by atoms with Crippen molar-refractivity contribution in [2.45, 2.75) is 0 Å². The summed E-state index contributed by atoms with van der Waals surface area (Å²) in [7, 11) is 0. The monoisotopic (exact) mass is 521 g/mol. The smallest absolute Gasteiger partial charge is 0.0540 e. The summed E-state index contributed by atoms with van der Waals surface area (Å²) in [6.07, 6.45) is 0. The summed E-state index contributed by atoms with van der Waals surface area (Å²) in [5, 5.41) is 10.1. The molecule has 8 aromatic rings. The van der Waals surface area contributed by atoms with Crippen LogP contribution in [0, 0.1) is 0 Å². The molecule has 0 atom stereocenters. The zero-order valence-electron chi connectivity index (χ0n) is 22.5. The van der Waals surface area contributed by atoms with Crippen LogP contribution in [0.3, 0.4) is 0 Å². The summed E-state index contributed by atoms with van der Waals surface area (Å²) >= 11 is 0. The Bertz CT molecular complexity index is 2090. The molecule has 0 radical (unpaired) electrons. The maximum Gasteiger partial charge on any atom is 0.0540 e. The van der Waals surface area contributed by atoms with E-state index in [1.165, 1.54) is 54.2 Å². The summed E-state index contributed by atoms with van der Waals surface area (Å²) in [5.74, 6) is 0. The third-order valence-corrected chi connectivity index (χ3v) is 8.20. The van der Waals surface area contributed by atoms with Crippen LogP contribution in [-0.2, 0) is 0 Å². The molecule has 0 unspecified atom stereocenters. The Morgan fingerprint density at radius 2 is 0.780 bits per heavy atom. The molecule has 0 spiro atoms. The molecule has 192 valence electrons. The normalized spacial score (nSPS) is 11.4. The minimum absolute atomic E-state index is 1.14. The SMILES string of the molecule is c1ccc(-c2ccccc2N(c2ccc3c(ccc4ccccc43)c2)c2ccc3c(ccc4ccccc43)c2)cc1. The van der Waals surface area contributed by atoms with Gasteiger partial charge < -0.3 is 4.90 Å². The third kappa shape index (κ3) is 4.02. The van der Waals surface area contributed by atoms with Crippen molar-refractivity contribution in [2.75, 3.05) is 4.90 Å². The lowest BCUT2D eigenvalue weighted by Crippen LogP contribution is -2.11. The molecule has 0 aliphatic carbocycles. The number of para-hydroxylation sites is 1. The minimum Gasteiger partial charge on any atom is -0.310 e. The summed E-state index contributed by atoms with van der Waals surface area (Å²) in [6.45, 7) is 0. The van der Waals surface area contributed by atoms with E-state index < -0.39 is 0 Å². The van der Waals surface area contributed by atoms with Gasteiger partial charge in [-0.05, 0) is 79.0 Å². The van der Waals surface area contributed by atoms with Crippen LogP contribution >= 0.6 is 0 Å². The first-order valence-electron chi connectivity index (χ1n) is 14.1. The zero-order valence-corrected chi connectivity index (χ0v) is 22.5. The van der Waals surface area contributed by atoms with E-state index in [4.69, 9.17) is 0 Å². The van der Waals surface area contributed by atoms with Gasteiger partial charge in [0, 0.05) is 16.9 Å². The van der Waals surface area contributed by atoms with Gasteiger partial charge in [-0.2, -0.15) is 0 Å². The highest BCUT2D eigenvalue weighted by atomic mass is 15.1. The Hall–Kier alpha value is -5.40. The molecule has 0 fully saturated rings. The molecule has 1 heteroatoms. The van der Waals surface area contributed by atoms with E-state index >= 15 is 0 Å². The topological polar surface area (TPSA) is 3.24 Å². The van der Waals surface area contributed by atoms with Gasteiger partial charge in [0.1, 0.15) is 0 Å². The maximum absolute atomic E-state index is 2.41. The molecule has 0 heterocycles. The fourth-order valence-electron chi connectivity index (χ4n) is 6.24. The fourth-order valence-corrected chi connectivity index (χ4v) is 6.24. The van der Waals surface area contributed by atoms with Gasteiger partial charge in [0.2, 0.25) is 0 Å². The predicted molar refractivity (Wildman–Crippen MR) is 177 cm³/mol. The number of hydrogen-bond donors (Lipinski definition) is 0. The van der Waals surface area contributed by atoms with E-state index in [1.807, 2.05) is 0 Å². The molecule has 0 saturated heterocycles. The average Bonchev–Trinajstić information content (AvgIpc) is 3.05. The van der Waals surface area contributed by atoms with Crippen LogP contribution < -0.4 is 4.90 Å². The number of nitrogens with zero attached hydrogens (tertiary/aromatic N) is 1. The standard InChI is InChI=1S/C40H27N/c1-2-10-28(11-3-1)39-16-8-9-17-40(39)41(33-22-24-37-31(26-33)20-18-29-12-4-6-14-35(29)37)34-23-25-38-32(27-34)21-19-30-13-5-7-15-36(30)38/h1-27H. The lowest BCUT2D eigenvalue weighted by molar-refractivity contribution is 1.29. The Labute approximate surface area is 239 Å². The summed E-state index contributed by atoms with van der Waals surface area (Å²) < 4.78 is 0. The molecule has 0 bridgehead atoms. The molecular weight excluding hydrogens is 494 g/mol. The van der Waals surface area contributed by atoms with Crippen molar-refractivity contribution in [2.24, 2.45) is 0 Å². The van der Waals surface area contributed by atoms with Crippen molar-refractivity contribution in [3.05, 3.63) is 164 Å². The highest BCUT2D eigenvalue weighted by molar-refractivity contribution is 6.10. The first-order valence-corrected chi connectivity index (χ1v) is 14.1. The molecule has 41 heavy (non-hydrogen) atoms. The lowest BCUT2D eigenvalue weighted by Gasteiger charge is -2.28. The van der Waals surface area contributed by atoms with Gasteiger partial charge in [-0.25, -0.2) is 0 Å². The fraction of sp³-hybridized carbons (Fsp3) is 0. The van der Waals surface area contributed by atoms with Crippen LogP contribution in [0.25, 0.3) is 54.2 Å². The lowest BCUT2D eigenvalue weighted by atomic mass is 9.98. The van der Waals surface area contributed by atoms with Crippen LogP contribution in [0.4, 0.5) is 17.1 Å². The largest absolute Gasteiger partial charge is 0.310 e. The van der Waals surface area contributed by atoms with Gasteiger partial charge in [-0.1, -0.05) is 133 Å². The number of rotatable bonds is 4. The first kappa shape index (κ1) is 23.5. The van der Waals surface area contributed by atoms with Gasteiger partial charge in [-0.15, -0.1) is 0 Å². The zero-order chi connectivity index (χ0) is 27.2. The van der Waals surface area contributed by atoms with E-state index in [2.05, 4.69) is 169 Å². The van der Waals surface area contributed by atoms with E-state index in [9.17, 15) is 0 Å². The highest BCUT2D eigenvalue weighted by Gasteiger charge is 2.18. The Kier molecular flexibility index (Phi) is 5.53. The van der Waals surface area contributed by atoms with Crippen molar-refractivity contribution in [1.82, 2.24) is 0 Å². The van der Waals surface area contributed by atoms with Crippen LogP contribution in [0.15, 0.2) is 164 Å². The molecule has 1 nitrogen and oxygen atoms in total. The number of hydrogen-bond acceptors (Lipinski definition) is 1. The van der Waals surface area contributed by atoms with Gasteiger partial charge in [-0.3, -0.25) is 0 Å². The molecule has 0 N–H and O–H groups in total. The van der Waals surface area contributed by atoms with E-state index in [1.54, 1.807) is 0 Å². The second kappa shape index (κ2) is 9.66. The third-order valence-electron chi connectivity index (χ3n) is 8.20. The predicted octanol–water partition coefficient (Wildman–Crippen LogP) is 11.4. The van der Waals surface area contributed by atoms with Crippen LogP contribution in [0.2, 0.25) is 0 Å². The molecular formula is C40H27N. The van der Waals surface area contributed by atoms with Gasteiger partial charge in [0.15, 0.2) is 0 Å². The van der Waals surface area contributed by atoms with Gasteiger partial charge in [0.25, 0.3) is 0 Å². The van der Waals surface area contributed by atoms with Crippen molar-refractivity contribution in [1.29, 1.82) is 0 Å². The first-order chi connectivity index (χ1) is 20.3. The van der Waals surface area contributed by atoms with Crippen molar-refractivity contribution in [3.63, 3.8) is 0 Å². The second-order valence-corrected chi connectivity index (χ2v) is 10.6. The molecule has 8 rings (SSSR count). The van der Waals surface area contributed by atoms with Crippen LogP contribution in [0.5, 0.6) is 0 Å². The molecule has 0 aliphatic rings. The highest BCUT2D eigenvalue weighted by Crippen LogP contribution is 2.43. The Morgan fingerprint density at radius 3 is 1.39 bits per heavy atom. The quantitative estimate of drug-likeness (QED) is 0.208. The number of anilines is 3. The summed E-state index contributed by atoms with van der Waals surface area (Å²) in [4.78, 5) is 2.41. The van der Waals surface area contributed by atoms with E-state index in [-0.39, 0.29) is 0 Å². The molecule has 0 aromatic heterocycles. The Morgan fingerprint density at radius 1 is 0.317 bits per heavy atom. The van der Waals surface area contributed by atoms with E-state index in [0.29, 0.717) is 0 Å². The van der Waals surface area contributed by atoms with Crippen molar-refractivity contribution >= 4 is 60.2 Å². The van der Waals surface area contributed by atoms with Crippen molar-refractivity contribution in [3.8, 4) is 11.1 Å². The molecule has 0 amide bonds. The summed E-state index contributed by atoms with van der Waals surface area (Å²) in [6, 6.07) is 59.3. The van der Waals surface area contributed by atoms with Crippen molar-refractivity contribution < 1.29 is 0 Å². The van der Waals surface area contributed by atoms with E-state index in [0.717, 1.165) is 17.1 Å². The van der Waals surface area contributed by atoms with Crippen LogP contribution in [-0.4, -0.2) is 0 Å². The Balaban J connectivity index is 1.38. The second-order valence-electron chi connectivity index (χ2n) is 10.6.